The second-order valence-electron chi connectivity index (χ2n) is 5.54. The van der Waals surface area contributed by atoms with E-state index in [9.17, 15) is 18.0 Å². The molecule has 1 N–H and O–H groups in total. The third kappa shape index (κ3) is 3.52. The van der Waals surface area contributed by atoms with Gasteiger partial charge in [0.1, 0.15) is 4.90 Å². The number of carbonyl (C=O) groups excluding carboxylic acids is 2. The summed E-state index contributed by atoms with van der Waals surface area (Å²) < 4.78 is 25.6. The quantitative estimate of drug-likeness (QED) is 0.867. The summed E-state index contributed by atoms with van der Waals surface area (Å²) in [7, 11) is -3.82. The normalized spacial score (nSPS) is 15.1. The Hall–Kier alpha value is -2.38. The monoisotopic (exact) mass is 378 g/mol. The van der Waals surface area contributed by atoms with E-state index >= 15 is 0 Å². The van der Waals surface area contributed by atoms with Gasteiger partial charge in [-0.1, -0.05) is 23.7 Å². The maximum absolute atomic E-state index is 12.4. The summed E-state index contributed by atoms with van der Waals surface area (Å²) in [6.07, 6.45) is 0.330. The Bertz CT molecular complexity index is 926. The van der Waals surface area contributed by atoms with E-state index in [0.717, 1.165) is 4.31 Å². The average Bonchev–Trinajstić information content (AvgIpc) is 2.78. The van der Waals surface area contributed by atoms with Crippen molar-refractivity contribution in [1.29, 1.82) is 0 Å². The summed E-state index contributed by atoms with van der Waals surface area (Å²) in [6, 6.07) is 12.8. The van der Waals surface area contributed by atoms with Gasteiger partial charge in [0.15, 0.2) is 0 Å². The molecule has 2 aromatic carbocycles. The van der Waals surface area contributed by atoms with Crippen LogP contribution in [-0.4, -0.2) is 31.1 Å². The molecule has 0 saturated heterocycles. The van der Waals surface area contributed by atoms with Gasteiger partial charge in [0, 0.05) is 23.7 Å². The largest absolute Gasteiger partial charge is 0.326 e. The lowest BCUT2D eigenvalue weighted by molar-refractivity contribution is -0.116. The van der Waals surface area contributed by atoms with Crippen LogP contribution < -0.4 is 5.32 Å². The SMILES string of the molecule is O=C(CCCN1C(=O)c2ccccc2S1(=O)=O)Nc1ccc(Cl)cc1. The molecule has 3 rings (SSSR count). The molecule has 0 spiro atoms. The van der Waals surface area contributed by atoms with E-state index in [2.05, 4.69) is 5.32 Å². The van der Waals surface area contributed by atoms with Gasteiger partial charge in [-0.05, 0) is 42.8 Å². The first-order chi connectivity index (χ1) is 11.9. The van der Waals surface area contributed by atoms with Crippen molar-refractivity contribution in [3.8, 4) is 0 Å². The molecule has 0 aromatic heterocycles. The fourth-order valence-electron chi connectivity index (χ4n) is 2.59. The van der Waals surface area contributed by atoms with E-state index in [1.807, 2.05) is 0 Å². The molecule has 0 fully saturated rings. The lowest BCUT2D eigenvalue weighted by Crippen LogP contribution is -2.31. The predicted octanol–water partition coefficient (Wildman–Crippen LogP) is 2.90. The van der Waals surface area contributed by atoms with Gasteiger partial charge in [-0.15, -0.1) is 0 Å². The maximum Gasteiger partial charge on any atom is 0.269 e. The van der Waals surface area contributed by atoms with Crippen LogP contribution in [-0.2, 0) is 14.8 Å². The molecule has 2 aromatic rings. The van der Waals surface area contributed by atoms with Crippen molar-refractivity contribution in [3.63, 3.8) is 0 Å². The van der Waals surface area contributed by atoms with Crippen LogP contribution in [0.15, 0.2) is 53.4 Å². The zero-order valence-corrected chi connectivity index (χ0v) is 14.7. The van der Waals surface area contributed by atoms with Gasteiger partial charge in [-0.2, -0.15) is 0 Å². The summed E-state index contributed by atoms with van der Waals surface area (Å²) in [4.78, 5) is 24.2. The highest BCUT2D eigenvalue weighted by molar-refractivity contribution is 7.90. The van der Waals surface area contributed by atoms with Crippen molar-refractivity contribution in [3.05, 3.63) is 59.1 Å². The minimum Gasteiger partial charge on any atom is -0.326 e. The van der Waals surface area contributed by atoms with Crippen LogP contribution in [0.4, 0.5) is 5.69 Å². The van der Waals surface area contributed by atoms with Gasteiger partial charge in [-0.25, -0.2) is 12.7 Å². The first-order valence-electron chi connectivity index (χ1n) is 7.61. The van der Waals surface area contributed by atoms with E-state index in [-0.39, 0.29) is 35.8 Å². The van der Waals surface area contributed by atoms with Crippen LogP contribution in [0.5, 0.6) is 0 Å². The molecule has 25 heavy (non-hydrogen) atoms. The molecule has 0 saturated carbocycles. The molecule has 1 heterocycles. The third-order valence-corrected chi connectivity index (χ3v) is 5.90. The molecule has 0 bridgehead atoms. The number of sulfonamides is 1. The fourth-order valence-corrected chi connectivity index (χ4v) is 4.33. The summed E-state index contributed by atoms with van der Waals surface area (Å²) in [5, 5.41) is 3.26. The molecular weight excluding hydrogens is 364 g/mol. The van der Waals surface area contributed by atoms with Crippen LogP contribution in [0.25, 0.3) is 0 Å². The Labute approximate surface area is 150 Å². The predicted molar refractivity (Wildman–Crippen MR) is 94.0 cm³/mol. The maximum atomic E-state index is 12.4. The number of rotatable bonds is 5. The zero-order chi connectivity index (χ0) is 18.0. The molecule has 130 valence electrons. The van der Waals surface area contributed by atoms with E-state index in [1.54, 1.807) is 36.4 Å². The average molecular weight is 379 g/mol. The van der Waals surface area contributed by atoms with Gasteiger partial charge < -0.3 is 5.32 Å². The van der Waals surface area contributed by atoms with Gasteiger partial charge in [0.2, 0.25) is 5.91 Å². The Morgan fingerprint density at radius 1 is 1.08 bits per heavy atom. The molecule has 6 nitrogen and oxygen atoms in total. The van der Waals surface area contributed by atoms with Crippen molar-refractivity contribution in [1.82, 2.24) is 4.31 Å². The highest BCUT2D eigenvalue weighted by atomic mass is 35.5. The second-order valence-corrected chi connectivity index (χ2v) is 7.80. The van der Waals surface area contributed by atoms with Gasteiger partial charge in [0.05, 0.1) is 5.56 Å². The summed E-state index contributed by atoms with van der Waals surface area (Å²) in [5.74, 6) is -0.808. The first-order valence-corrected chi connectivity index (χ1v) is 9.43. The minimum absolute atomic E-state index is 0.0191. The van der Waals surface area contributed by atoms with Crippen molar-refractivity contribution >= 4 is 39.1 Å². The number of amides is 2. The third-order valence-electron chi connectivity index (χ3n) is 3.81. The number of nitrogens with one attached hydrogen (secondary N) is 1. The Morgan fingerprint density at radius 3 is 2.44 bits per heavy atom. The van der Waals surface area contributed by atoms with Gasteiger partial charge >= 0.3 is 0 Å². The molecular formula is C17H15ClN2O4S. The molecule has 1 aliphatic heterocycles. The van der Waals surface area contributed by atoms with Crippen LogP contribution in [0, 0.1) is 0 Å². The molecule has 0 atom stereocenters. The number of benzene rings is 2. The fraction of sp³-hybridized carbons (Fsp3) is 0.176. The molecule has 1 aliphatic rings. The second kappa shape index (κ2) is 6.85. The van der Waals surface area contributed by atoms with Crippen LogP contribution >= 0.6 is 11.6 Å². The van der Waals surface area contributed by atoms with E-state index in [1.165, 1.54) is 12.1 Å². The standard InChI is InChI=1S/C17H15ClN2O4S/c18-12-7-9-13(10-8-12)19-16(21)6-3-11-20-17(22)14-4-1-2-5-15(14)25(20,23)24/h1-2,4-5,7-10H,3,6,11H2,(H,19,21). The lowest BCUT2D eigenvalue weighted by Gasteiger charge is -2.14. The number of fused-ring (bicyclic) bond motifs is 1. The van der Waals surface area contributed by atoms with Crippen molar-refractivity contribution < 1.29 is 18.0 Å². The van der Waals surface area contributed by atoms with Crippen molar-refractivity contribution in [2.24, 2.45) is 0 Å². The molecule has 0 aliphatic carbocycles. The highest BCUT2D eigenvalue weighted by Gasteiger charge is 2.40. The number of anilines is 1. The smallest absolute Gasteiger partial charge is 0.269 e. The number of halogens is 1. The first kappa shape index (κ1) is 17.4. The number of hydrogen-bond donors (Lipinski definition) is 1. The molecule has 8 heteroatoms. The summed E-state index contributed by atoms with van der Waals surface area (Å²) >= 11 is 5.78. The van der Waals surface area contributed by atoms with Crippen molar-refractivity contribution in [2.45, 2.75) is 17.7 Å². The Morgan fingerprint density at radius 2 is 1.76 bits per heavy atom. The topological polar surface area (TPSA) is 83.6 Å². The minimum atomic E-state index is -3.82. The van der Waals surface area contributed by atoms with E-state index < -0.39 is 15.9 Å². The number of nitrogens with zero attached hydrogens (tertiary/aromatic N) is 1. The van der Waals surface area contributed by atoms with Crippen molar-refractivity contribution in [2.75, 3.05) is 11.9 Å². The van der Waals surface area contributed by atoms with Crippen LogP contribution in [0.3, 0.4) is 0 Å². The summed E-state index contributed by atoms with van der Waals surface area (Å²) in [6.45, 7) is -0.0378. The molecule has 2 amide bonds. The van der Waals surface area contributed by atoms with Gasteiger partial charge in [-0.3, -0.25) is 9.59 Å². The summed E-state index contributed by atoms with van der Waals surface area (Å²) in [5.41, 5.74) is 0.778. The van der Waals surface area contributed by atoms with E-state index in [0.29, 0.717) is 10.7 Å². The lowest BCUT2D eigenvalue weighted by atomic mass is 10.2. The Balaban J connectivity index is 1.58. The number of carbonyl (C=O) groups is 2. The zero-order valence-electron chi connectivity index (χ0n) is 13.1. The van der Waals surface area contributed by atoms with Crippen LogP contribution in [0.2, 0.25) is 5.02 Å². The van der Waals surface area contributed by atoms with Crippen LogP contribution in [0.1, 0.15) is 23.2 Å². The van der Waals surface area contributed by atoms with E-state index in [4.69, 9.17) is 11.6 Å². The molecule has 0 radical (unpaired) electrons. The number of hydrogen-bond acceptors (Lipinski definition) is 4. The highest BCUT2D eigenvalue weighted by Crippen LogP contribution is 2.30. The van der Waals surface area contributed by atoms with Gasteiger partial charge in [0.25, 0.3) is 15.9 Å². The molecule has 0 unspecified atom stereocenters. The Kier molecular flexibility index (Phi) is 4.78.